The van der Waals surface area contributed by atoms with Crippen molar-refractivity contribution in [3.63, 3.8) is 0 Å². The van der Waals surface area contributed by atoms with Gasteiger partial charge in [0.1, 0.15) is 6.07 Å². The molecule has 0 N–H and O–H groups in total. The van der Waals surface area contributed by atoms with Crippen LogP contribution in [0.1, 0.15) is 38.4 Å². The molecule has 2 aromatic carbocycles. The van der Waals surface area contributed by atoms with Gasteiger partial charge in [0.05, 0.1) is 27.3 Å². The molecule has 3 aromatic rings. The van der Waals surface area contributed by atoms with E-state index in [0.29, 0.717) is 5.56 Å². The summed E-state index contributed by atoms with van der Waals surface area (Å²) in [6.07, 6.45) is 0.885. The van der Waals surface area contributed by atoms with Crippen molar-refractivity contribution in [1.82, 2.24) is 4.98 Å². The summed E-state index contributed by atoms with van der Waals surface area (Å²) in [5, 5.41) is 10.0. The highest BCUT2D eigenvalue weighted by Crippen LogP contribution is 2.37. The Kier molecular flexibility index (Phi) is 7.55. The molecular weight excluding hydrogens is 430 g/mol. The molecular formula is C26H33N3OSSi. The topological polar surface area (TPSA) is 49.2 Å². The van der Waals surface area contributed by atoms with Crippen LogP contribution in [0.5, 0.6) is 0 Å². The van der Waals surface area contributed by atoms with Gasteiger partial charge in [-0.25, -0.2) is 4.98 Å². The SMILES string of the molecule is Cc1ncsc1-c1ccc(C#N)c(N(CCCO[Si](C)(C)C(C)(C)C)c2ccccc2)c1. The summed E-state index contributed by atoms with van der Waals surface area (Å²) in [5.41, 5.74) is 6.66. The molecule has 0 saturated heterocycles. The van der Waals surface area contributed by atoms with E-state index in [4.69, 9.17) is 4.43 Å². The summed E-state index contributed by atoms with van der Waals surface area (Å²) in [6.45, 7) is 14.9. The largest absolute Gasteiger partial charge is 0.417 e. The van der Waals surface area contributed by atoms with Crippen LogP contribution >= 0.6 is 11.3 Å². The third-order valence-corrected chi connectivity index (χ3v) is 11.8. The molecule has 1 heterocycles. The first-order valence-corrected chi connectivity index (χ1v) is 14.8. The standard InChI is InChI=1S/C26H33N3OSSi/c1-20-25(31-19-28-20)21-13-14-22(18-27)24(17-21)29(23-11-8-7-9-12-23)15-10-16-30-32(5,6)26(2,3)4/h7-9,11-14,17,19H,10,15-16H2,1-6H3. The second-order valence-corrected chi connectivity index (χ2v) is 15.2. The van der Waals surface area contributed by atoms with E-state index in [0.717, 1.165) is 47.1 Å². The smallest absolute Gasteiger partial charge is 0.191 e. The maximum atomic E-state index is 9.85. The zero-order chi connectivity index (χ0) is 23.4. The van der Waals surface area contributed by atoms with Crippen molar-refractivity contribution in [1.29, 1.82) is 5.26 Å². The Labute approximate surface area is 197 Å². The van der Waals surface area contributed by atoms with E-state index in [1.54, 1.807) is 11.3 Å². The van der Waals surface area contributed by atoms with Crippen LogP contribution in [0.15, 0.2) is 54.0 Å². The van der Waals surface area contributed by atoms with Gasteiger partial charge in [0.2, 0.25) is 0 Å². The number of para-hydroxylation sites is 1. The van der Waals surface area contributed by atoms with Crippen LogP contribution in [0.4, 0.5) is 11.4 Å². The van der Waals surface area contributed by atoms with E-state index in [1.165, 1.54) is 0 Å². The molecule has 0 aliphatic carbocycles. The van der Waals surface area contributed by atoms with Crippen molar-refractivity contribution in [2.75, 3.05) is 18.1 Å². The Hall–Kier alpha value is -2.46. The van der Waals surface area contributed by atoms with Gasteiger partial charge >= 0.3 is 0 Å². The average Bonchev–Trinajstić information content (AvgIpc) is 3.19. The Bertz CT molecular complexity index is 1080. The van der Waals surface area contributed by atoms with Crippen LogP contribution in [0.3, 0.4) is 0 Å². The predicted octanol–water partition coefficient (Wildman–Crippen LogP) is 7.54. The van der Waals surface area contributed by atoms with E-state index in [9.17, 15) is 5.26 Å². The molecule has 0 atom stereocenters. The normalized spacial score (nSPS) is 11.9. The third-order valence-electron chi connectivity index (χ3n) is 6.28. The zero-order valence-electron chi connectivity index (χ0n) is 20.0. The number of thiazole rings is 1. The molecule has 0 aliphatic rings. The first kappa shape index (κ1) is 24.2. The molecule has 4 nitrogen and oxygen atoms in total. The molecule has 0 bridgehead atoms. The highest BCUT2D eigenvalue weighted by atomic mass is 32.1. The van der Waals surface area contributed by atoms with Crippen LogP contribution < -0.4 is 4.90 Å². The summed E-state index contributed by atoms with van der Waals surface area (Å²) in [5.74, 6) is 0. The zero-order valence-corrected chi connectivity index (χ0v) is 21.8. The number of rotatable bonds is 8. The fourth-order valence-electron chi connectivity index (χ4n) is 3.33. The molecule has 168 valence electrons. The minimum absolute atomic E-state index is 0.195. The van der Waals surface area contributed by atoms with Crippen molar-refractivity contribution < 1.29 is 4.43 Å². The van der Waals surface area contributed by atoms with Gasteiger partial charge in [-0.1, -0.05) is 45.0 Å². The molecule has 1 aromatic heterocycles. The molecule has 6 heteroatoms. The minimum Gasteiger partial charge on any atom is -0.417 e. The lowest BCUT2D eigenvalue weighted by molar-refractivity contribution is 0.284. The number of anilines is 2. The van der Waals surface area contributed by atoms with Gasteiger partial charge in [-0.15, -0.1) is 11.3 Å². The lowest BCUT2D eigenvalue weighted by Crippen LogP contribution is -2.41. The van der Waals surface area contributed by atoms with Crippen molar-refractivity contribution >= 4 is 31.0 Å². The number of nitriles is 1. The molecule has 0 aliphatic heterocycles. The summed E-state index contributed by atoms with van der Waals surface area (Å²) in [4.78, 5) is 7.79. The fraction of sp³-hybridized carbons (Fsp3) is 0.385. The van der Waals surface area contributed by atoms with Gasteiger partial charge in [-0.05, 0) is 61.3 Å². The Morgan fingerprint density at radius 1 is 1.12 bits per heavy atom. The predicted molar refractivity (Wildman–Crippen MR) is 138 cm³/mol. The van der Waals surface area contributed by atoms with E-state index in [2.05, 4.69) is 68.0 Å². The van der Waals surface area contributed by atoms with Gasteiger partial charge in [-0.2, -0.15) is 5.26 Å². The molecule has 0 saturated carbocycles. The summed E-state index contributed by atoms with van der Waals surface area (Å²) in [7, 11) is -1.78. The monoisotopic (exact) mass is 463 g/mol. The van der Waals surface area contributed by atoms with Crippen LogP contribution in [0.25, 0.3) is 10.4 Å². The molecule has 0 amide bonds. The van der Waals surface area contributed by atoms with Crippen molar-refractivity contribution in [2.24, 2.45) is 0 Å². The first-order chi connectivity index (χ1) is 15.1. The molecule has 0 fully saturated rings. The molecule has 0 spiro atoms. The summed E-state index contributed by atoms with van der Waals surface area (Å²) >= 11 is 1.63. The van der Waals surface area contributed by atoms with Gasteiger partial charge < -0.3 is 9.33 Å². The van der Waals surface area contributed by atoms with Crippen LogP contribution in [-0.4, -0.2) is 26.5 Å². The highest BCUT2D eigenvalue weighted by Gasteiger charge is 2.36. The number of hydrogen-bond acceptors (Lipinski definition) is 5. The molecule has 3 rings (SSSR count). The van der Waals surface area contributed by atoms with E-state index in [-0.39, 0.29) is 5.04 Å². The summed E-state index contributed by atoms with van der Waals surface area (Å²) in [6, 6.07) is 18.8. The van der Waals surface area contributed by atoms with Crippen LogP contribution in [-0.2, 0) is 4.43 Å². The third kappa shape index (κ3) is 5.47. The highest BCUT2D eigenvalue weighted by molar-refractivity contribution is 7.13. The number of nitrogens with zero attached hydrogens (tertiary/aromatic N) is 3. The Morgan fingerprint density at radius 3 is 2.44 bits per heavy atom. The number of benzene rings is 2. The number of aromatic nitrogens is 1. The maximum absolute atomic E-state index is 9.85. The Balaban J connectivity index is 1.90. The Morgan fingerprint density at radius 2 is 1.84 bits per heavy atom. The lowest BCUT2D eigenvalue weighted by atomic mass is 10.1. The fourth-order valence-corrected chi connectivity index (χ4v) is 5.22. The summed E-state index contributed by atoms with van der Waals surface area (Å²) < 4.78 is 6.41. The van der Waals surface area contributed by atoms with Gasteiger partial charge in [0.25, 0.3) is 0 Å². The lowest BCUT2D eigenvalue weighted by Gasteiger charge is -2.36. The molecule has 32 heavy (non-hydrogen) atoms. The molecule has 0 radical (unpaired) electrons. The number of hydrogen-bond donors (Lipinski definition) is 0. The van der Waals surface area contributed by atoms with Gasteiger partial charge in [0, 0.05) is 18.8 Å². The minimum atomic E-state index is -1.78. The van der Waals surface area contributed by atoms with Crippen molar-refractivity contribution in [3.05, 3.63) is 65.3 Å². The van der Waals surface area contributed by atoms with Crippen molar-refractivity contribution in [3.8, 4) is 16.5 Å². The van der Waals surface area contributed by atoms with Crippen LogP contribution in [0.2, 0.25) is 18.1 Å². The van der Waals surface area contributed by atoms with Crippen LogP contribution in [0, 0.1) is 18.3 Å². The second-order valence-electron chi connectivity index (χ2n) is 9.56. The maximum Gasteiger partial charge on any atom is 0.191 e. The van der Waals surface area contributed by atoms with Gasteiger partial charge in [-0.3, -0.25) is 0 Å². The first-order valence-electron chi connectivity index (χ1n) is 11.1. The molecule has 0 unspecified atom stereocenters. The van der Waals surface area contributed by atoms with Gasteiger partial charge in [0.15, 0.2) is 8.32 Å². The quantitative estimate of drug-likeness (QED) is 0.256. The average molecular weight is 464 g/mol. The second kappa shape index (κ2) is 9.99. The van der Waals surface area contributed by atoms with E-state index in [1.807, 2.05) is 42.8 Å². The van der Waals surface area contributed by atoms with Crippen molar-refractivity contribution in [2.45, 2.75) is 52.2 Å². The van der Waals surface area contributed by atoms with E-state index < -0.39 is 8.32 Å². The van der Waals surface area contributed by atoms with E-state index >= 15 is 0 Å². The number of aryl methyl sites for hydroxylation is 1.